The molecule has 0 saturated heterocycles. The quantitative estimate of drug-likeness (QED) is 0.211. The van der Waals surface area contributed by atoms with Crippen LogP contribution in [0.4, 0.5) is 5.69 Å². The largest absolute Gasteiger partial charge is 0.456 e. The summed E-state index contributed by atoms with van der Waals surface area (Å²) in [7, 11) is -4.28. The van der Waals surface area contributed by atoms with Crippen LogP contribution in [0.25, 0.3) is 33.4 Å². The SMILES string of the molecule is CCN(CC)c1ccc2c(-c3ccc(S(=O)(=O)O)cc3C)c3ccc(=[N+](CC)CC)cc-3oc2c1. The Labute approximate surface area is 207 Å². The van der Waals surface area contributed by atoms with Crippen LogP contribution in [0.3, 0.4) is 0 Å². The first-order valence-corrected chi connectivity index (χ1v) is 13.6. The minimum atomic E-state index is -4.28. The van der Waals surface area contributed by atoms with Crippen molar-refractivity contribution in [1.82, 2.24) is 4.58 Å². The second-order valence-electron chi connectivity index (χ2n) is 8.63. The third-order valence-corrected chi connectivity index (χ3v) is 7.56. The highest BCUT2D eigenvalue weighted by Crippen LogP contribution is 2.42. The summed E-state index contributed by atoms with van der Waals surface area (Å²) in [6.45, 7) is 14.0. The molecule has 0 unspecified atom stereocenters. The first-order chi connectivity index (χ1) is 16.7. The van der Waals surface area contributed by atoms with E-state index in [2.05, 4.69) is 73.6 Å². The first-order valence-electron chi connectivity index (χ1n) is 12.1. The molecule has 2 aliphatic rings. The summed E-state index contributed by atoms with van der Waals surface area (Å²) in [5, 5.41) is 2.04. The molecule has 2 aromatic carbocycles. The molecule has 2 aromatic rings. The molecule has 4 rings (SSSR count). The monoisotopic (exact) mass is 493 g/mol. The molecule has 0 amide bonds. The first kappa shape index (κ1) is 24.9. The molecule has 1 N–H and O–H groups in total. The Morgan fingerprint density at radius 2 is 1.57 bits per heavy atom. The molecule has 1 aliphatic heterocycles. The van der Waals surface area contributed by atoms with E-state index in [1.54, 1.807) is 6.07 Å². The van der Waals surface area contributed by atoms with Crippen molar-refractivity contribution in [2.45, 2.75) is 39.5 Å². The molecular weight excluding hydrogens is 460 g/mol. The molecule has 35 heavy (non-hydrogen) atoms. The van der Waals surface area contributed by atoms with Gasteiger partial charge in [0.1, 0.15) is 24.4 Å². The molecule has 0 radical (unpaired) electrons. The molecule has 7 heteroatoms. The maximum Gasteiger partial charge on any atom is 0.294 e. The normalized spacial score (nSPS) is 11.8. The molecule has 0 atom stereocenters. The van der Waals surface area contributed by atoms with Crippen molar-refractivity contribution in [1.29, 1.82) is 0 Å². The van der Waals surface area contributed by atoms with Crippen molar-refractivity contribution >= 4 is 26.8 Å². The Morgan fingerprint density at radius 1 is 0.886 bits per heavy atom. The molecule has 1 heterocycles. The van der Waals surface area contributed by atoms with Gasteiger partial charge in [-0.2, -0.15) is 8.42 Å². The summed E-state index contributed by atoms with van der Waals surface area (Å²) in [6, 6.07) is 17.3. The van der Waals surface area contributed by atoms with Gasteiger partial charge in [-0.25, -0.2) is 4.58 Å². The number of fused-ring (bicyclic) bond motifs is 2. The van der Waals surface area contributed by atoms with E-state index in [1.807, 2.05) is 6.92 Å². The van der Waals surface area contributed by atoms with Crippen molar-refractivity contribution < 1.29 is 17.4 Å². The Bertz CT molecular complexity index is 1530. The van der Waals surface area contributed by atoms with E-state index in [4.69, 9.17) is 4.42 Å². The van der Waals surface area contributed by atoms with Gasteiger partial charge in [-0.15, -0.1) is 0 Å². The molecule has 0 fully saturated rings. The van der Waals surface area contributed by atoms with Gasteiger partial charge in [-0.1, -0.05) is 6.07 Å². The van der Waals surface area contributed by atoms with E-state index in [9.17, 15) is 13.0 Å². The van der Waals surface area contributed by atoms with E-state index in [-0.39, 0.29) is 4.90 Å². The minimum absolute atomic E-state index is 0.111. The second-order valence-corrected chi connectivity index (χ2v) is 10.1. The summed E-state index contributed by atoms with van der Waals surface area (Å²) >= 11 is 0. The van der Waals surface area contributed by atoms with E-state index in [0.717, 1.165) is 76.2 Å². The highest BCUT2D eigenvalue weighted by atomic mass is 32.2. The Morgan fingerprint density at radius 3 is 2.17 bits per heavy atom. The van der Waals surface area contributed by atoms with E-state index in [1.165, 1.54) is 12.1 Å². The van der Waals surface area contributed by atoms with Crippen LogP contribution in [0.2, 0.25) is 0 Å². The third-order valence-electron chi connectivity index (χ3n) is 6.71. The van der Waals surface area contributed by atoms with E-state index in [0.29, 0.717) is 0 Å². The number of rotatable bonds is 7. The summed E-state index contributed by atoms with van der Waals surface area (Å²) < 4.78 is 41.7. The molecule has 184 valence electrons. The predicted molar refractivity (Wildman–Crippen MR) is 143 cm³/mol. The maximum absolute atomic E-state index is 11.7. The molecule has 6 nitrogen and oxygen atoms in total. The van der Waals surface area contributed by atoms with Crippen molar-refractivity contribution in [2.75, 3.05) is 31.1 Å². The zero-order chi connectivity index (χ0) is 25.3. The van der Waals surface area contributed by atoms with Crippen LogP contribution in [-0.4, -0.2) is 39.1 Å². The standard InChI is InChI=1S/C28H32N2O4S/c1-6-29(7-2)20-10-13-24-26(17-20)34-27-18-21(30(8-3)9-4)11-14-25(27)28(24)23-15-12-22(16-19(23)5)35(31,32)33/h10-18H,6-9H2,1-5H3/p+1. The van der Waals surface area contributed by atoms with Crippen molar-refractivity contribution in [2.24, 2.45) is 0 Å². The lowest BCUT2D eigenvalue weighted by atomic mass is 9.91. The summed E-state index contributed by atoms with van der Waals surface area (Å²) in [5.74, 6) is 0.770. The average molecular weight is 494 g/mol. The molecule has 1 aliphatic carbocycles. The molecule has 0 spiro atoms. The van der Waals surface area contributed by atoms with Crippen molar-refractivity contribution in [3.63, 3.8) is 0 Å². The van der Waals surface area contributed by atoms with Gasteiger partial charge in [-0.05, 0) is 76.1 Å². The van der Waals surface area contributed by atoms with Crippen LogP contribution in [-0.2, 0) is 10.1 Å². The molecule has 0 bridgehead atoms. The summed E-state index contributed by atoms with van der Waals surface area (Å²) in [5.41, 5.74) is 5.45. The highest BCUT2D eigenvalue weighted by Gasteiger charge is 2.21. The van der Waals surface area contributed by atoms with Gasteiger partial charge in [0.2, 0.25) is 5.36 Å². The lowest BCUT2D eigenvalue weighted by Gasteiger charge is -2.22. The van der Waals surface area contributed by atoms with Gasteiger partial charge in [0.25, 0.3) is 10.1 Å². The van der Waals surface area contributed by atoms with Crippen molar-refractivity contribution in [3.05, 3.63) is 65.5 Å². The molecule has 0 saturated carbocycles. The zero-order valence-electron chi connectivity index (χ0n) is 21.0. The van der Waals surface area contributed by atoms with Crippen LogP contribution in [0, 0.1) is 6.92 Å². The second kappa shape index (κ2) is 9.84. The van der Waals surface area contributed by atoms with Crippen LogP contribution in [0.15, 0.2) is 63.9 Å². The number of hydrogen-bond donors (Lipinski definition) is 1. The number of anilines is 1. The Hall–Kier alpha value is -3.16. The summed E-state index contributed by atoms with van der Waals surface area (Å²) in [4.78, 5) is 2.16. The third kappa shape index (κ3) is 4.70. The van der Waals surface area contributed by atoms with Gasteiger partial charge in [-0.3, -0.25) is 4.55 Å². The fraction of sp³-hybridized carbons (Fsp3) is 0.321. The Balaban J connectivity index is 2.10. The van der Waals surface area contributed by atoms with E-state index < -0.39 is 10.1 Å². The number of aryl methyl sites for hydroxylation is 1. The summed E-state index contributed by atoms with van der Waals surface area (Å²) in [6.07, 6.45) is 0. The van der Waals surface area contributed by atoms with Crippen LogP contribution in [0.5, 0.6) is 0 Å². The lowest BCUT2D eigenvalue weighted by Crippen LogP contribution is -2.29. The zero-order valence-corrected chi connectivity index (χ0v) is 21.8. The predicted octanol–water partition coefficient (Wildman–Crippen LogP) is 5.42. The fourth-order valence-corrected chi connectivity index (χ4v) is 5.37. The van der Waals surface area contributed by atoms with Crippen LogP contribution >= 0.6 is 0 Å². The van der Waals surface area contributed by atoms with Gasteiger partial charge >= 0.3 is 0 Å². The maximum atomic E-state index is 11.7. The van der Waals surface area contributed by atoms with Gasteiger partial charge in [0.05, 0.1) is 11.0 Å². The van der Waals surface area contributed by atoms with Gasteiger partial charge in [0.15, 0.2) is 0 Å². The van der Waals surface area contributed by atoms with Gasteiger partial charge < -0.3 is 9.32 Å². The minimum Gasteiger partial charge on any atom is -0.456 e. The Kier molecular flexibility index (Phi) is 7.01. The molecular formula is C28H33N2O4S+. The van der Waals surface area contributed by atoms with Crippen molar-refractivity contribution in [3.8, 4) is 22.5 Å². The highest BCUT2D eigenvalue weighted by molar-refractivity contribution is 7.85. The smallest absolute Gasteiger partial charge is 0.294 e. The van der Waals surface area contributed by atoms with Crippen LogP contribution < -0.4 is 14.8 Å². The van der Waals surface area contributed by atoms with E-state index >= 15 is 0 Å². The topological polar surface area (TPSA) is 73.8 Å². The van der Waals surface area contributed by atoms with Gasteiger partial charge in [0, 0.05) is 47.4 Å². The average Bonchev–Trinajstić information content (AvgIpc) is 2.83. The number of benzene rings is 3. The lowest BCUT2D eigenvalue weighted by molar-refractivity contribution is 0.483. The number of hydrogen-bond acceptors (Lipinski definition) is 4. The molecule has 0 aromatic heterocycles. The number of nitrogens with zero attached hydrogens (tertiary/aromatic N) is 2. The van der Waals surface area contributed by atoms with Crippen LogP contribution in [0.1, 0.15) is 33.3 Å². The fourth-order valence-electron chi connectivity index (χ4n) is 4.81.